The van der Waals surface area contributed by atoms with Gasteiger partial charge < -0.3 is 10.3 Å². The second-order valence-electron chi connectivity index (χ2n) is 8.55. The Morgan fingerprint density at radius 2 is 1.46 bits per heavy atom. The number of halogens is 1. The summed E-state index contributed by atoms with van der Waals surface area (Å²) in [6, 6.07) is 7.79. The lowest BCUT2D eigenvalue weighted by Crippen LogP contribution is -2.49. The van der Waals surface area contributed by atoms with Crippen molar-refractivity contribution in [1.29, 1.82) is 0 Å². The molecule has 2 aliphatic rings. The van der Waals surface area contributed by atoms with Crippen LogP contribution in [0.1, 0.15) is 82.6 Å². The van der Waals surface area contributed by atoms with E-state index in [4.69, 9.17) is 11.6 Å². The van der Waals surface area contributed by atoms with E-state index in [2.05, 4.69) is 10.1 Å². The van der Waals surface area contributed by atoms with Crippen LogP contribution in [0.3, 0.4) is 0 Å². The molecular formula is C23H35ClN2O2. The molecule has 156 valence electrons. The molecule has 1 aliphatic heterocycles. The predicted octanol–water partition coefficient (Wildman–Crippen LogP) is 5.74. The highest BCUT2D eigenvalue weighted by atomic mass is 35.5. The number of aliphatic hydroxyl groups is 1. The Morgan fingerprint density at radius 1 is 0.893 bits per heavy atom. The molecule has 1 saturated carbocycles. The lowest BCUT2D eigenvalue weighted by atomic mass is 9.83. The molecule has 1 unspecified atom stereocenters. The van der Waals surface area contributed by atoms with Gasteiger partial charge in [-0.1, -0.05) is 73.8 Å². The van der Waals surface area contributed by atoms with Gasteiger partial charge in [0, 0.05) is 18.1 Å². The Kier molecular flexibility index (Phi) is 8.19. The van der Waals surface area contributed by atoms with E-state index < -0.39 is 5.60 Å². The molecule has 0 bridgehead atoms. The molecule has 0 aromatic heterocycles. The van der Waals surface area contributed by atoms with Gasteiger partial charge in [0.25, 0.3) is 0 Å². The normalized spacial score (nSPS) is 27.1. The predicted molar refractivity (Wildman–Crippen MR) is 115 cm³/mol. The van der Waals surface area contributed by atoms with Gasteiger partial charge in [-0.2, -0.15) is 0 Å². The maximum Gasteiger partial charge on any atom is 0.0920 e. The van der Waals surface area contributed by atoms with E-state index >= 15 is 0 Å². The van der Waals surface area contributed by atoms with Gasteiger partial charge in [-0.25, -0.2) is 0 Å². The molecule has 1 aromatic carbocycles. The van der Waals surface area contributed by atoms with Crippen LogP contribution in [0.2, 0.25) is 5.02 Å². The fourth-order valence-electron chi connectivity index (χ4n) is 4.80. The SMILES string of the molecule is O/N=C1/CCCCCCCCCCC1N1CCC(O)(c2ccc(Cl)cc2)CC1. The zero-order chi connectivity index (χ0) is 19.8. The average molecular weight is 407 g/mol. The maximum atomic E-state index is 11.2. The van der Waals surface area contributed by atoms with Gasteiger partial charge in [0.15, 0.2) is 0 Å². The topological polar surface area (TPSA) is 56.1 Å². The van der Waals surface area contributed by atoms with E-state index in [0.29, 0.717) is 17.9 Å². The van der Waals surface area contributed by atoms with Crippen molar-refractivity contribution in [1.82, 2.24) is 4.90 Å². The summed E-state index contributed by atoms with van der Waals surface area (Å²) in [5.41, 5.74) is 1.10. The Labute approximate surface area is 174 Å². The molecule has 3 rings (SSSR count). The van der Waals surface area contributed by atoms with Crippen LogP contribution >= 0.6 is 11.6 Å². The first kappa shape index (κ1) is 21.6. The Hall–Kier alpha value is -1.10. The second kappa shape index (κ2) is 10.6. The van der Waals surface area contributed by atoms with Crippen molar-refractivity contribution in [3.05, 3.63) is 34.9 Å². The molecule has 1 aliphatic carbocycles. The van der Waals surface area contributed by atoms with Gasteiger partial charge in [-0.3, -0.25) is 4.90 Å². The molecule has 0 amide bonds. The Bertz CT molecular complexity index is 624. The van der Waals surface area contributed by atoms with E-state index in [1.165, 1.54) is 44.9 Å². The summed E-state index contributed by atoms with van der Waals surface area (Å²) in [5.74, 6) is 0. The Balaban J connectivity index is 1.65. The van der Waals surface area contributed by atoms with Crippen LogP contribution in [0.4, 0.5) is 0 Å². The first-order valence-corrected chi connectivity index (χ1v) is 11.4. The molecule has 1 atom stereocenters. The fourth-order valence-corrected chi connectivity index (χ4v) is 4.93. The second-order valence-corrected chi connectivity index (χ2v) is 8.99. The van der Waals surface area contributed by atoms with E-state index in [0.717, 1.165) is 43.6 Å². The molecule has 5 heteroatoms. The van der Waals surface area contributed by atoms with Gasteiger partial charge in [0.2, 0.25) is 0 Å². The highest BCUT2D eigenvalue weighted by molar-refractivity contribution is 6.30. The monoisotopic (exact) mass is 406 g/mol. The highest BCUT2D eigenvalue weighted by Gasteiger charge is 2.37. The van der Waals surface area contributed by atoms with E-state index in [9.17, 15) is 10.3 Å². The van der Waals surface area contributed by atoms with Crippen molar-refractivity contribution in [2.45, 2.75) is 88.7 Å². The van der Waals surface area contributed by atoms with Crippen LogP contribution in [0.5, 0.6) is 0 Å². The minimum absolute atomic E-state index is 0.208. The first-order chi connectivity index (χ1) is 13.6. The zero-order valence-corrected chi connectivity index (χ0v) is 17.7. The van der Waals surface area contributed by atoms with Crippen molar-refractivity contribution >= 4 is 17.3 Å². The third-order valence-electron chi connectivity index (χ3n) is 6.62. The van der Waals surface area contributed by atoms with Gasteiger partial charge in [0.1, 0.15) is 0 Å². The van der Waals surface area contributed by atoms with Crippen LogP contribution in [-0.4, -0.2) is 40.1 Å². The molecule has 4 nitrogen and oxygen atoms in total. The quantitative estimate of drug-likeness (QED) is 0.486. The molecular weight excluding hydrogens is 372 g/mol. The van der Waals surface area contributed by atoms with E-state index in [1.54, 1.807) is 0 Å². The van der Waals surface area contributed by atoms with Crippen molar-refractivity contribution < 1.29 is 10.3 Å². The number of hydrogen-bond acceptors (Lipinski definition) is 4. The van der Waals surface area contributed by atoms with Gasteiger partial charge in [-0.05, 0) is 49.8 Å². The maximum absolute atomic E-state index is 11.2. The molecule has 1 heterocycles. The number of hydrogen-bond donors (Lipinski definition) is 2. The Morgan fingerprint density at radius 3 is 2.07 bits per heavy atom. The summed E-state index contributed by atoms with van der Waals surface area (Å²) in [5, 5.41) is 25.3. The molecule has 2 fully saturated rings. The van der Waals surface area contributed by atoms with Crippen molar-refractivity contribution in [3.8, 4) is 0 Å². The number of likely N-dealkylation sites (tertiary alicyclic amines) is 1. The summed E-state index contributed by atoms with van der Waals surface area (Å²) in [4.78, 5) is 2.44. The number of benzene rings is 1. The van der Waals surface area contributed by atoms with Crippen molar-refractivity contribution in [2.75, 3.05) is 13.1 Å². The molecule has 0 spiro atoms. The molecule has 2 N–H and O–H groups in total. The van der Waals surface area contributed by atoms with Gasteiger partial charge >= 0.3 is 0 Å². The average Bonchev–Trinajstić information content (AvgIpc) is 2.70. The minimum atomic E-state index is -0.789. The standard InChI is InChI=1S/C23H35ClN2O2/c24-20-13-11-19(12-14-20)23(27)15-17-26(18-16-23)22-10-8-6-4-2-1-3-5-7-9-21(22)25-28/h11-14,22,27-28H,1-10,15-18H2/b25-21-. The third-order valence-corrected chi connectivity index (χ3v) is 6.87. The summed E-state index contributed by atoms with van der Waals surface area (Å²) in [7, 11) is 0. The minimum Gasteiger partial charge on any atom is -0.411 e. The van der Waals surface area contributed by atoms with E-state index in [-0.39, 0.29) is 6.04 Å². The van der Waals surface area contributed by atoms with Crippen LogP contribution < -0.4 is 0 Å². The summed E-state index contributed by atoms with van der Waals surface area (Å²) in [6.07, 6.45) is 13.4. The van der Waals surface area contributed by atoms with Crippen molar-refractivity contribution in [2.24, 2.45) is 5.16 Å². The molecule has 28 heavy (non-hydrogen) atoms. The van der Waals surface area contributed by atoms with Crippen LogP contribution in [0.25, 0.3) is 0 Å². The number of rotatable bonds is 2. The van der Waals surface area contributed by atoms with E-state index in [1.807, 2.05) is 24.3 Å². The largest absolute Gasteiger partial charge is 0.411 e. The highest BCUT2D eigenvalue weighted by Crippen LogP contribution is 2.35. The van der Waals surface area contributed by atoms with Crippen LogP contribution in [0, 0.1) is 0 Å². The number of nitrogens with zero attached hydrogens (tertiary/aromatic N) is 2. The molecule has 1 aromatic rings. The van der Waals surface area contributed by atoms with Crippen LogP contribution in [0.15, 0.2) is 29.4 Å². The first-order valence-electron chi connectivity index (χ1n) is 11.1. The molecule has 1 saturated heterocycles. The zero-order valence-electron chi connectivity index (χ0n) is 17.0. The lowest BCUT2D eigenvalue weighted by molar-refractivity contribution is -0.0310. The van der Waals surface area contributed by atoms with Gasteiger partial charge in [-0.15, -0.1) is 0 Å². The van der Waals surface area contributed by atoms with Crippen LogP contribution in [-0.2, 0) is 5.60 Å². The summed E-state index contributed by atoms with van der Waals surface area (Å²) < 4.78 is 0. The number of oxime groups is 1. The molecule has 0 radical (unpaired) electrons. The van der Waals surface area contributed by atoms with Gasteiger partial charge in [0.05, 0.1) is 17.4 Å². The lowest BCUT2D eigenvalue weighted by Gasteiger charge is -2.42. The number of piperidine rings is 1. The van der Waals surface area contributed by atoms with Crippen molar-refractivity contribution in [3.63, 3.8) is 0 Å². The summed E-state index contributed by atoms with van der Waals surface area (Å²) in [6.45, 7) is 1.64. The fraction of sp³-hybridized carbons (Fsp3) is 0.696. The third kappa shape index (κ3) is 5.71. The summed E-state index contributed by atoms with van der Waals surface area (Å²) >= 11 is 6.00. The smallest absolute Gasteiger partial charge is 0.0920 e.